The Balaban J connectivity index is 2.27. The number of benzodiazepines with no additional fused rings is 1. The predicted octanol–water partition coefficient (Wildman–Crippen LogP) is 3.36. The molecule has 1 aliphatic rings. The van der Waals surface area contributed by atoms with Crippen molar-refractivity contribution in [2.75, 3.05) is 11.9 Å². The van der Waals surface area contributed by atoms with Gasteiger partial charge in [0, 0.05) is 17.4 Å². The van der Waals surface area contributed by atoms with Crippen LogP contribution in [0.1, 0.15) is 11.3 Å². The molecule has 1 atom stereocenters. The van der Waals surface area contributed by atoms with Crippen LogP contribution < -0.4 is 5.32 Å². The maximum atomic E-state index is 14.1. The number of hydrogen-bond acceptors (Lipinski definition) is 4. The molecule has 0 spiro atoms. The number of carbonyl (C=O) groups is 1. The van der Waals surface area contributed by atoms with E-state index < -0.39 is 11.9 Å². The normalized spacial score (nSPS) is 17.0. The third-order valence-corrected chi connectivity index (χ3v) is 4.07. The Kier molecular flexibility index (Phi) is 4.09. The summed E-state index contributed by atoms with van der Waals surface area (Å²) in [5.74, 6) is -0.521. The highest BCUT2D eigenvalue weighted by molar-refractivity contribution is 6.45. The molecule has 0 aliphatic carbocycles. The van der Waals surface area contributed by atoms with Gasteiger partial charge in [0.05, 0.1) is 22.3 Å². The van der Waals surface area contributed by atoms with Crippen LogP contribution in [-0.2, 0) is 4.79 Å². The summed E-state index contributed by atoms with van der Waals surface area (Å²) in [6, 6.07) is 5.54. The number of aldehydes is 1. The second kappa shape index (κ2) is 6.02. The second-order valence-electron chi connectivity index (χ2n) is 4.69. The fourth-order valence-corrected chi connectivity index (χ4v) is 2.66. The molecule has 1 aromatic carbocycles. The molecule has 1 aliphatic heterocycles. The first kappa shape index (κ1) is 14.9. The number of nitrogens with one attached hydrogen (secondary N) is 1. The Morgan fingerprint density at radius 1 is 1.32 bits per heavy atom. The zero-order valence-corrected chi connectivity index (χ0v) is 12.7. The molecule has 0 fully saturated rings. The zero-order chi connectivity index (χ0) is 15.7. The van der Waals surface area contributed by atoms with Crippen molar-refractivity contribution in [1.82, 2.24) is 4.98 Å². The average Bonchev–Trinajstić information content (AvgIpc) is 2.71. The van der Waals surface area contributed by atoms with Crippen LogP contribution in [0.25, 0.3) is 0 Å². The molecule has 112 valence electrons. The van der Waals surface area contributed by atoms with Gasteiger partial charge in [0.2, 0.25) is 0 Å². The molecule has 3 rings (SSSR count). The SMILES string of the molecule is O=CC1CN=C(c2ncccc2F)c2c(ccc(Cl)c2Cl)N1. The summed E-state index contributed by atoms with van der Waals surface area (Å²) in [7, 11) is 0. The summed E-state index contributed by atoms with van der Waals surface area (Å²) in [4.78, 5) is 19.5. The molecule has 2 heterocycles. The summed E-state index contributed by atoms with van der Waals surface area (Å²) in [6.07, 6.45) is 2.21. The lowest BCUT2D eigenvalue weighted by molar-refractivity contribution is -0.108. The van der Waals surface area contributed by atoms with Crippen molar-refractivity contribution in [3.63, 3.8) is 0 Å². The predicted molar refractivity (Wildman–Crippen MR) is 84.6 cm³/mol. The van der Waals surface area contributed by atoms with Crippen LogP contribution in [0.5, 0.6) is 0 Å². The molecule has 22 heavy (non-hydrogen) atoms. The van der Waals surface area contributed by atoms with Gasteiger partial charge >= 0.3 is 0 Å². The van der Waals surface area contributed by atoms with Gasteiger partial charge in [-0.25, -0.2) is 4.39 Å². The van der Waals surface area contributed by atoms with Gasteiger partial charge in [-0.3, -0.25) is 9.98 Å². The fourth-order valence-electron chi connectivity index (χ4n) is 2.25. The van der Waals surface area contributed by atoms with Crippen molar-refractivity contribution in [1.29, 1.82) is 0 Å². The number of pyridine rings is 1. The highest BCUT2D eigenvalue weighted by Gasteiger charge is 2.25. The molecule has 0 saturated carbocycles. The molecule has 0 bridgehead atoms. The minimum absolute atomic E-state index is 0.0706. The highest BCUT2D eigenvalue weighted by Crippen LogP contribution is 2.35. The largest absolute Gasteiger partial charge is 0.373 e. The van der Waals surface area contributed by atoms with E-state index in [0.717, 1.165) is 6.29 Å². The number of halogens is 3. The Morgan fingerprint density at radius 3 is 2.86 bits per heavy atom. The first-order valence-corrected chi connectivity index (χ1v) is 7.23. The molecule has 7 heteroatoms. The van der Waals surface area contributed by atoms with Crippen LogP contribution in [0.15, 0.2) is 35.5 Å². The smallest absolute Gasteiger partial charge is 0.151 e. The minimum Gasteiger partial charge on any atom is -0.373 e. The lowest BCUT2D eigenvalue weighted by Gasteiger charge is -2.14. The summed E-state index contributed by atoms with van der Waals surface area (Å²) in [5.41, 5.74) is 1.35. The van der Waals surface area contributed by atoms with Gasteiger partial charge in [-0.15, -0.1) is 0 Å². The number of fused-ring (bicyclic) bond motifs is 1. The van der Waals surface area contributed by atoms with E-state index in [1.165, 1.54) is 18.3 Å². The van der Waals surface area contributed by atoms with Crippen LogP contribution in [-0.4, -0.2) is 29.6 Å². The van der Waals surface area contributed by atoms with Crippen LogP contribution in [0, 0.1) is 5.82 Å². The molecule has 1 unspecified atom stereocenters. The molecule has 1 aromatic heterocycles. The second-order valence-corrected chi connectivity index (χ2v) is 5.48. The minimum atomic E-state index is -0.528. The van der Waals surface area contributed by atoms with Gasteiger partial charge in [0.25, 0.3) is 0 Å². The number of anilines is 1. The summed E-state index contributed by atoms with van der Waals surface area (Å²) in [6.45, 7) is 0.150. The molecule has 0 amide bonds. The van der Waals surface area contributed by atoms with E-state index in [1.54, 1.807) is 12.1 Å². The van der Waals surface area contributed by atoms with Crippen molar-refractivity contribution in [3.8, 4) is 0 Å². The number of benzene rings is 1. The van der Waals surface area contributed by atoms with E-state index >= 15 is 0 Å². The maximum absolute atomic E-state index is 14.1. The molecular formula is C15H10Cl2FN3O. The van der Waals surface area contributed by atoms with Crippen LogP contribution in [0.3, 0.4) is 0 Å². The quantitative estimate of drug-likeness (QED) is 0.855. The number of carbonyl (C=O) groups excluding carboxylic acids is 1. The molecule has 4 nitrogen and oxygen atoms in total. The number of aliphatic imine (C=N–C) groups is 1. The van der Waals surface area contributed by atoms with Gasteiger partial charge in [-0.05, 0) is 24.3 Å². The van der Waals surface area contributed by atoms with Gasteiger partial charge in [0.1, 0.15) is 18.0 Å². The van der Waals surface area contributed by atoms with E-state index in [1.807, 2.05) is 0 Å². The average molecular weight is 338 g/mol. The van der Waals surface area contributed by atoms with E-state index in [2.05, 4.69) is 15.3 Å². The topological polar surface area (TPSA) is 54.4 Å². The monoisotopic (exact) mass is 337 g/mol. The van der Waals surface area contributed by atoms with Gasteiger partial charge < -0.3 is 10.1 Å². The Bertz CT molecular complexity index is 779. The van der Waals surface area contributed by atoms with Crippen LogP contribution in [0.2, 0.25) is 10.0 Å². The first-order valence-electron chi connectivity index (χ1n) is 6.47. The lowest BCUT2D eigenvalue weighted by Crippen LogP contribution is -2.23. The fraction of sp³-hybridized carbons (Fsp3) is 0.133. The lowest BCUT2D eigenvalue weighted by atomic mass is 10.0. The summed E-state index contributed by atoms with van der Waals surface area (Å²) in [5, 5.41) is 3.57. The van der Waals surface area contributed by atoms with E-state index in [4.69, 9.17) is 23.2 Å². The van der Waals surface area contributed by atoms with Crippen molar-refractivity contribution in [2.45, 2.75) is 6.04 Å². The zero-order valence-electron chi connectivity index (χ0n) is 11.2. The van der Waals surface area contributed by atoms with Crippen LogP contribution >= 0.6 is 23.2 Å². The number of aromatic nitrogens is 1. The molecule has 2 aromatic rings. The summed E-state index contributed by atoms with van der Waals surface area (Å²) < 4.78 is 14.1. The highest BCUT2D eigenvalue weighted by atomic mass is 35.5. The van der Waals surface area contributed by atoms with Crippen molar-refractivity contribution in [3.05, 3.63) is 57.6 Å². The van der Waals surface area contributed by atoms with Gasteiger partial charge in [-0.2, -0.15) is 0 Å². The number of rotatable bonds is 2. The van der Waals surface area contributed by atoms with Crippen molar-refractivity contribution in [2.24, 2.45) is 4.99 Å². The first-order chi connectivity index (χ1) is 10.6. The summed E-state index contributed by atoms with van der Waals surface area (Å²) >= 11 is 12.3. The maximum Gasteiger partial charge on any atom is 0.151 e. The Morgan fingerprint density at radius 2 is 2.14 bits per heavy atom. The number of hydrogen-bond donors (Lipinski definition) is 1. The molecule has 0 radical (unpaired) electrons. The van der Waals surface area contributed by atoms with Crippen molar-refractivity contribution < 1.29 is 9.18 Å². The molecule has 0 saturated heterocycles. The molecule has 1 N–H and O–H groups in total. The van der Waals surface area contributed by atoms with Gasteiger partial charge in [-0.1, -0.05) is 23.2 Å². The van der Waals surface area contributed by atoms with E-state index in [9.17, 15) is 9.18 Å². The van der Waals surface area contributed by atoms with Crippen LogP contribution in [0.4, 0.5) is 10.1 Å². The Hall–Kier alpha value is -1.98. The standard InChI is InChI=1S/C15H10Cl2FN3O/c16-9-3-4-11-12(13(9)17)15(20-6-8(7-22)21-11)14-10(18)2-1-5-19-14/h1-5,7-8,21H,6H2. The third kappa shape index (κ3) is 2.58. The van der Waals surface area contributed by atoms with Gasteiger partial charge in [0.15, 0.2) is 5.82 Å². The Labute approximate surface area is 136 Å². The van der Waals surface area contributed by atoms with E-state index in [0.29, 0.717) is 16.3 Å². The third-order valence-electron chi connectivity index (χ3n) is 3.27. The van der Waals surface area contributed by atoms with Crippen molar-refractivity contribution >= 4 is 40.9 Å². The molecular weight excluding hydrogens is 328 g/mol. The number of nitrogens with zero attached hydrogens (tertiary/aromatic N) is 2. The van der Waals surface area contributed by atoms with E-state index in [-0.39, 0.29) is 23.0 Å².